The number of alkyl halides is 1. The Morgan fingerprint density at radius 1 is 1.32 bits per heavy atom. The summed E-state index contributed by atoms with van der Waals surface area (Å²) >= 11 is 3.42. The lowest BCUT2D eigenvalue weighted by Crippen LogP contribution is -2.27. The predicted molar refractivity (Wildman–Crippen MR) is 80.3 cm³/mol. The van der Waals surface area contributed by atoms with Gasteiger partial charge in [0.1, 0.15) is 0 Å². The second-order valence-corrected chi connectivity index (χ2v) is 7.55. The maximum absolute atomic E-state index is 12.1. The van der Waals surface area contributed by atoms with Gasteiger partial charge in [-0.05, 0) is 43.5 Å². The average molecular weight is 350 g/mol. The van der Waals surface area contributed by atoms with E-state index in [9.17, 15) is 8.42 Å². The van der Waals surface area contributed by atoms with Crippen LogP contribution in [0.1, 0.15) is 17.5 Å². The van der Waals surface area contributed by atoms with Crippen molar-refractivity contribution in [3.05, 3.63) is 29.3 Å². The number of benzene rings is 1. The summed E-state index contributed by atoms with van der Waals surface area (Å²) < 4.78 is 31.7. The summed E-state index contributed by atoms with van der Waals surface area (Å²) in [7, 11) is -1.80. The van der Waals surface area contributed by atoms with Crippen LogP contribution in [0.25, 0.3) is 0 Å². The summed E-state index contributed by atoms with van der Waals surface area (Å²) in [5.74, 6) is 0. The molecule has 0 fully saturated rings. The highest BCUT2D eigenvalue weighted by Gasteiger charge is 2.14. The smallest absolute Gasteiger partial charge is 0.240 e. The topological polar surface area (TPSA) is 55.4 Å². The normalized spacial score (nSPS) is 13.5. The molecule has 0 heterocycles. The Morgan fingerprint density at radius 2 is 2.00 bits per heavy atom. The van der Waals surface area contributed by atoms with Gasteiger partial charge in [-0.2, -0.15) is 0 Å². The molecule has 19 heavy (non-hydrogen) atoms. The molecule has 1 atom stereocenters. The van der Waals surface area contributed by atoms with E-state index in [4.69, 9.17) is 4.74 Å². The van der Waals surface area contributed by atoms with E-state index in [1.165, 1.54) is 0 Å². The van der Waals surface area contributed by atoms with E-state index >= 15 is 0 Å². The Hall–Kier alpha value is -0.430. The van der Waals surface area contributed by atoms with Crippen LogP contribution < -0.4 is 4.72 Å². The highest BCUT2D eigenvalue weighted by molar-refractivity contribution is 9.09. The van der Waals surface area contributed by atoms with Gasteiger partial charge in [0, 0.05) is 18.5 Å². The molecule has 1 aromatic carbocycles. The molecule has 0 saturated heterocycles. The van der Waals surface area contributed by atoms with E-state index in [0.29, 0.717) is 24.5 Å². The van der Waals surface area contributed by atoms with E-state index in [1.807, 2.05) is 19.9 Å². The van der Waals surface area contributed by atoms with Crippen molar-refractivity contribution in [3.63, 3.8) is 0 Å². The molecule has 1 aromatic rings. The molecule has 0 aliphatic carbocycles. The third-order valence-electron chi connectivity index (χ3n) is 2.89. The quantitative estimate of drug-likeness (QED) is 0.769. The number of ether oxygens (including phenoxy) is 1. The molecule has 0 saturated carbocycles. The number of nitrogens with one attached hydrogen (secondary N) is 1. The zero-order valence-corrected chi connectivity index (χ0v) is 13.8. The fraction of sp³-hybridized carbons (Fsp3) is 0.538. The first-order chi connectivity index (χ1) is 8.86. The number of hydrogen-bond donors (Lipinski definition) is 1. The average Bonchev–Trinajstić information content (AvgIpc) is 2.32. The number of aryl methyl sites for hydroxylation is 2. The van der Waals surface area contributed by atoms with Crippen LogP contribution in [0.4, 0.5) is 0 Å². The largest absolute Gasteiger partial charge is 0.384 e. The van der Waals surface area contributed by atoms with Gasteiger partial charge in [0.05, 0.1) is 11.5 Å². The highest BCUT2D eigenvalue weighted by atomic mass is 79.9. The van der Waals surface area contributed by atoms with Crippen LogP contribution >= 0.6 is 15.9 Å². The van der Waals surface area contributed by atoms with Gasteiger partial charge in [-0.3, -0.25) is 0 Å². The Labute approximate surface area is 123 Å². The number of sulfonamides is 1. The maximum Gasteiger partial charge on any atom is 0.240 e. The summed E-state index contributed by atoms with van der Waals surface area (Å²) in [6, 6.07) is 5.14. The highest BCUT2D eigenvalue weighted by Crippen LogP contribution is 2.14. The van der Waals surface area contributed by atoms with Crippen LogP contribution in [0.15, 0.2) is 23.1 Å². The summed E-state index contributed by atoms with van der Waals surface area (Å²) in [4.78, 5) is 0.466. The third-order valence-corrected chi connectivity index (χ3v) is 5.07. The van der Waals surface area contributed by atoms with Crippen LogP contribution in [-0.2, 0) is 14.8 Å². The molecular weight excluding hydrogens is 330 g/mol. The summed E-state index contributed by atoms with van der Waals surface area (Å²) in [6.07, 6.45) is 0.678. The molecule has 0 spiro atoms. The molecule has 6 heteroatoms. The van der Waals surface area contributed by atoms with Gasteiger partial charge in [-0.1, -0.05) is 22.0 Å². The van der Waals surface area contributed by atoms with E-state index in [0.717, 1.165) is 11.1 Å². The van der Waals surface area contributed by atoms with Gasteiger partial charge in [-0.25, -0.2) is 13.1 Å². The van der Waals surface area contributed by atoms with Crippen molar-refractivity contribution in [3.8, 4) is 0 Å². The number of methoxy groups -OCH3 is 1. The second kappa shape index (κ2) is 7.38. The zero-order valence-electron chi connectivity index (χ0n) is 11.4. The monoisotopic (exact) mass is 349 g/mol. The predicted octanol–water partition coefficient (Wildman–Crippen LogP) is 2.38. The molecule has 0 aromatic heterocycles. The van der Waals surface area contributed by atoms with Gasteiger partial charge in [0.2, 0.25) is 10.0 Å². The van der Waals surface area contributed by atoms with Crippen molar-refractivity contribution in [2.24, 2.45) is 0 Å². The van der Waals surface area contributed by atoms with Gasteiger partial charge in [0.15, 0.2) is 0 Å². The lowest BCUT2D eigenvalue weighted by atomic mass is 10.1. The molecule has 0 radical (unpaired) electrons. The number of halogens is 1. The van der Waals surface area contributed by atoms with Crippen LogP contribution in [0.2, 0.25) is 0 Å². The van der Waals surface area contributed by atoms with Gasteiger partial charge in [-0.15, -0.1) is 0 Å². The maximum atomic E-state index is 12.1. The standard InChI is InChI=1S/C13H20BrNO3S/c1-10-4-5-13(8-11(10)2)19(16,17)15-7-6-12(14)9-18-3/h4-5,8,12,15H,6-7,9H2,1-3H3. The van der Waals surface area contributed by atoms with Gasteiger partial charge in [0.25, 0.3) is 0 Å². The van der Waals surface area contributed by atoms with Crippen molar-refractivity contribution < 1.29 is 13.2 Å². The molecule has 0 bridgehead atoms. The van der Waals surface area contributed by atoms with Crippen LogP contribution in [-0.4, -0.2) is 33.5 Å². The SMILES string of the molecule is COCC(Br)CCNS(=O)(=O)c1ccc(C)c(C)c1. The number of hydrogen-bond acceptors (Lipinski definition) is 3. The molecule has 4 nitrogen and oxygen atoms in total. The fourth-order valence-electron chi connectivity index (χ4n) is 1.58. The van der Waals surface area contributed by atoms with E-state index in [-0.39, 0.29) is 4.83 Å². The molecule has 1 N–H and O–H groups in total. The molecule has 108 valence electrons. The Balaban J connectivity index is 2.63. The second-order valence-electron chi connectivity index (χ2n) is 4.49. The fourth-order valence-corrected chi connectivity index (χ4v) is 3.20. The van der Waals surface area contributed by atoms with Crippen molar-refractivity contribution in [1.29, 1.82) is 0 Å². The molecule has 0 aliphatic heterocycles. The van der Waals surface area contributed by atoms with E-state index < -0.39 is 10.0 Å². The molecule has 1 rings (SSSR count). The van der Waals surface area contributed by atoms with Crippen molar-refractivity contribution in [2.75, 3.05) is 20.3 Å². The first kappa shape index (κ1) is 16.6. The van der Waals surface area contributed by atoms with Gasteiger partial charge >= 0.3 is 0 Å². The minimum atomic E-state index is -3.42. The van der Waals surface area contributed by atoms with Crippen LogP contribution in [0, 0.1) is 13.8 Å². The minimum absolute atomic E-state index is 0.153. The lowest BCUT2D eigenvalue weighted by molar-refractivity contribution is 0.199. The summed E-state index contributed by atoms with van der Waals surface area (Å²) in [5, 5.41) is 0. The van der Waals surface area contributed by atoms with Crippen molar-refractivity contribution >= 4 is 26.0 Å². The molecule has 0 amide bonds. The summed E-state index contributed by atoms with van der Waals surface area (Å²) in [6.45, 7) is 4.81. The van der Waals surface area contributed by atoms with Crippen molar-refractivity contribution in [1.82, 2.24) is 4.72 Å². The Morgan fingerprint density at radius 3 is 2.58 bits per heavy atom. The van der Waals surface area contributed by atoms with E-state index in [2.05, 4.69) is 20.7 Å². The van der Waals surface area contributed by atoms with Crippen molar-refractivity contribution in [2.45, 2.75) is 30.0 Å². The number of rotatable bonds is 7. The first-order valence-electron chi connectivity index (χ1n) is 6.06. The lowest BCUT2D eigenvalue weighted by Gasteiger charge is -2.11. The molecular formula is C13H20BrNO3S. The Kier molecular flexibility index (Phi) is 6.46. The third kappa shape index (κ3) is 5.22. The van der Waals surface area contributed by atoms with Crippen LogP contribution in [0.5, 0.6) is 0 Å². The molecule has 1 unspecified atom stereocenters. The summed E-state index contributed by atoms with van der Waals surface area (Å²) in [5.41, 5.74) is 2.06. The van der Waals surface area contributed by atoms with E-state index in [1.54, 1.807) is 19.2 Å². The Bertz CT molecular complexity index is 517. The molecule has 0 aliphatic rings. The zero-order chi connectivity index (χ0) is 14.5. The first-order valence-corrected chi connectivity index (χ1v) is 8.46. The van der Waals surface area contributed by atoms with Crippen LogP contribution in [0.3, 0.4) is 0 Å². The van der Waals surface area contributed by atoms with Gasteiger partial charge < -0.3 is 4.74 Å². The minimum Gasteiger partial charge on any atom is -0.384 e.